The number of amides is 1. The highest BCUT2D eigenvalue weighted by Crippen LogP contribution is 2.27. The molecule has 1 aliphatic heterocycles. The third kappa shape index (κ3) is 9.63. The largest absolute Gasteiger partial charge is 0.379 e. The molecule has 1 fully saturated rings. The van der Waals surface area contributed by atoms with E-state index in [1.54, 1.807) is 12.1 Å². The zero-order valence-corrected chi connectivity index (χ0v) is 23.8. The first-order valence-electron chi connectivity index (χ1n) is 12.4. The Kier molecular flexibility index (Phi) is 11.8. The highest BCUT2D eigenvalue weighted by molar-refractivity contribution is 8.15. The second-order valence-corrected chi connectivity index (χ2v) is 12.2. The quantitative estimate of drug-likeness (QED) is 0.110. The summed E-state index contributed by atoms with van der Waals surface area (Å²) in [5.74, 6) is 0.114. The fourth-order valence-corrected chi connectivity index (χ4v) is 5.96. The van der Waals surface area contributed by atoms with Gasteiger partial charge in [-0.2, -0.15) is 13.5 Å². The zero-order chi connectivity index (χ0) is 26.7. The number of unbranched alkanes of at least 4 members (excludes halogenated alkanes) is 7. The molecule has 2 aromatic rings. The molecule has 11 heteroatoms. The van der Waals surface area contributed by atoms with Crippen molar-refractivity contribution in [1.82, 2.24) is 5.32 Å². The van der Waals surface area contributed by atoms with Gasteiger partial charge in [-0.15, -0.1) is 5.10 Å². The highest BCUT2D eigenvalue weighted by Gasteiger charge is 2.29. The zero-order valence-electron chi connectivity index (χ0n) is 20.7. The molecule has 1 amide bonds. The van der Waals surface area contributed by atoms with Crippen LogP contribution in [0.1, 0.15) is 70.3 Å². The van der Waals surface area contributed by atoms with Gasteiger partial charge in [0.15, 0.2) is 5.17 Å². The van der Waals surface area contributed by atoms with Gasteiger partial charge < -0.3 is 9.50 Å². The number of carbonyl (C=O) groups is 1. The molecule has 1 N–H and O–H groups in total. The Morgan fingerprint density at radius 3 is 2.32 bits per heavy atom. The van der Waals surface area contributed by atoms with Gasteiger partial charge >= 0.3 is 10.1 Å². The molecule has 1 heterocycles. The average Bonchev–Trinajstić information content (AvgIpc) is 3.22. The lowest BCUT2D eigenvalue weighted by Crippen LogP contribution is -2.24. The lowest BCUT2D eigenvalue weighted by molar-refractivity contribution is -0.118. The smallest absolute Gasteiger partial charge is 0.339 e. The number of rotatable bonds is 14. The molecule has 0 aliphatic carbocycles. The Labute approximate surface area is 233 Å². The first-order chi connectivity index (χ1) is 17.8. The third-order valence-corrected chi connectivity index (χ3v) is 8.84. The minimum absolute atomic E-state index is 0.0217. The van der Waals surface area contributed by atoms with E-state index in [1.807, 2.05) is 0 Å². The molecule has 37 heavy (non-hydrogen) atoms. The number of hydrogen-bond donors (Lipinski definition) is 1. The van der Waals surface area contributed by atoms with E-state index in [1.165, 1.54) is 86.8 Å². The highest BCUT2D eigenvalue weighted by atomic mass is 35.5. The molecule has 0 bridgehead atoms. The monoisotopic (exact) mass is 583 g/mol. The van der Waals surface area contributed by atoms with Crippen LogP contribution in [0, 0.1) is 0 Å². The van der Waals surface area contributed by atoms with Crippen LogP contribution in [0.4, 0.5) is 0 Å². The van der Waals surface area contributed by atoms with Crippen LogP contribution < -0.4 is 9.50 Å². The molecule has 200 valence electrons. The van der Waals surface area contributed by atoms with Gasteiger partial charge in [0.25, 0.3) is 0 Å². The van der Waals surface area contributed by atoms with Crippen LogP contribution in [-0.2, 0) is 14.9 Å². The molecule has 1 saturated heterocycles. The number of carbonyl (C=O) groups excluding carboxylic acids is 1. The van der Waals surface area contributed by atoms with Gasteiger partial charge in [0.2, 0.25) is 5.91 Å². The van der Waals surface area contributed by atoms with Crippen LogP contribution in [0.3, 0.4) is 0 Å². The normalized spacial score (nSPS) is 17.0. The fourth-order valence-electron chi connectivity index (χ4n) is 3.67. The van der Waals surface area contributed by atoms with E-state index >= 15 is 0 Å². The number of benzene rings is 2. The van der Waals surface area contributed by atoms with Gasteiger partial charge in [-0.05, 0) is 54.4 Å². The lowest BCUT2D eigenvalue weighted by Gasteiger charge is -2.08. The SMILES string of the molecule is CCCCCCCCCCC1S/C(=N/N=C/c2ccc(OS(=O)(=O)c3ccc(Cl)c(Cl)c3)cc2)NC1=O. The minimum Gasteiger partial charge on any atom is -0.379 e. The number of hydrogen-bond acceptors (Lipinski definition) is 7. The molecule has 0 radical (unpaired) electrons. The summed E-state index contributed by atoms with van der Waals surface area (Å²) in [6, 6.07) is 10.3. The molecule has 1 atom stereocenters. The topological polar surface area (TPSA) is 97.2 Å². The van der Waals surface area contributed by atoms with E-state index in [9.17, 15) is 13.2 Å². The van der Waals surface area contributed by atoms with Crippen LogP contribution in [0.5, 0.6) is 5.75 Å². The number of halogens is 2. The number of amidine groups is 1. The van der Waals surface area contributed by atoms with Crippen molar-refractivity contribution in [2.45, 2.75) is 74.9 Å². The summed E-state index contributed by atoms with van der Waals surface area (Å²) in [6.07, 6.45) is 12.2. The van der Waals surface area contributed by atoms with Crippen LogP contribution in [0.25, 0.3) is 0 Å². The summed E-state index contributed by atoms with van der Waals surface area (Å²) in [7, 11) is -4.06. The Morgan fingerprint density at radius 2 is 1.65 bits per heavy atom. The minimum atomic E-state index is -4.06. The molecule has 0 aromatic heterocycles. The fraction of sp³-hybridized carbons (Fsp3) is 0.423. The molecular weight excluding hydrogens is 553 g/mol. The predicted octanol–water partition coefficient (Wildman–Crippen LogP) is 7.21. The van der Waals surface area contributed by atoms with Crippen molar-refractivity contribution < 1.29 is 17.4 Å². The van der Waals surface area contributed by atoms with E-state index in [2.05, 4.69) is 22.4 Å². The first-order valence-corrected chi connectivity index (χ1v) is 15.4. The summed E-state index contributed by atoms with van der Waals surface area (Å²) in [5, 5.41) is 11.7. The molecule has 2 aromatic carbocycles. The maximum atomic E-state index is 12.5. The maximum absolute atomic E-state index is 12.5. The van der Waals surface area contributed by atoms with E-state index in [0.717, 1.165) is 19.3 Å². The summed E-state index contributed by atoms with van der Waals surface area (Å²) in [5.41, 5.74) is 0.688. The molecule has 7 nitrogen and oxygen atoms in total. The number of nitrogens with one attached hydrogen (secondary N) is 1. The summed E-state index contributed by atoms with van der Waals surface area (Å²) in [4.78, 5) is 12.1. The van der Waals surface area contributed by atoms with Crippen LogP contribution in [0.15, 0.2) is 57.6 Å². The summed E-state index contributed by atoms with van der Waals surface area (Å²) >= 11 is 13.2. The second kappa shape index (κ2) is 14.8. The van der Waals surface area contributed by atoms with E-state index in [-0.39, 0.29) is 31.8 Å². The number of thioether (sulfide) groups is 1. The number of nitrogens with zero attached hydrogens (tertiary/aromatic N) is 2. The van der Waals surface area contributed by atoms with Crippen molar-refractivity contribution >= 4 is 62.4 Å². The van der Waals surface area contributed by atoms with Gasteiger partial charge in [-0.25, -0.2) is 0 Å². The predicted molar refractivity (Wildman–Crippen MR) is 152 cm³/mol. The summed E-state index contributed by atoms with van der Waals surface area (Å²) < 4.78 is 30.1. The van der Waals surface area contributed by atoms with E-state index in [0.29, 0.717) is 10.7 Å². The molecule has 1 aliphatic rings. The van der Waals surface area contributed by atoms with E-state index in [4.69, 9.17) is 27.4 Å². The van der Waals surface area contributed by atoms with Gasteiger partial charge in [-0.3, -0.25) is 4.79 Å². The van der Waals surface area contributed by atoms with Crippen molar-refractivity contribution in [1.29, 1.82) is 0 Å². The van der Waals surface area contributed by atoms with Crippen molar-refractivity contribution in [2.75, 3.05) is 0 Å². The Hall–Kier alpha value is -2.07. The van der Waals surface area contributed by atoms with Gasteiger partial charge in [0.1, 0.15) is 10.6 Å². The van der Waals surface area contributed by atoms with Crippen LogP contribution >= 0.6 is 35.0 Å². The molecule has 3 rings (SSSR count). The molecular formula is C26H31Cl2N3O4S2. The van der Waals surface area contributed by atoms with Crippen molar-refractivity contribution in [3.05, 3.63) is 58.1 Å². The Bertz CT molecular complexity index is 1220. The van der Waals surface area contributed by atoms with Crippen molar-refractivity contribution in [3.8, 4) is 5.75 Å². The standard InChI is InChI=1S/C26H31Cl2N3O4S2/c1-2-3-4-5-6-7-8-9-10-24-25(32)30-26(36-24)31-29-18-19-11-13-20(14-12-19)35-37(33,34)21-15-16-22(27)23(28)17-21/h11-18,24H,2-10H2,1H3,(H,30,31,32)/b29-18+. The molecule has 0 saturated carbocycles. The van der Waals surface area contributed by atoms with Gasteiger partial charge in [0.05, 0.1) is 21.5 Å². The molecule has 1 unspecified atom stereocenters. The first kappa shape index (κ1) is 29.5. The van der Waals surface area contributed by atoms with E-state index < -0.39 is 10.1 Å². The maximum Gasteiger partial charge on any atom is 0.339 e. The second-order valence-electron chi connectivity index (χ2n) is 8.69. The van der Waals surface area contributed by atoms with Gasteiger partial charge in [-0.1, -0.05) is 93.3 Å². The molecule has 0 spiro atoms. The van der Waals surface area contributed by atoms with Crippen molar-refractivity contribution in [2.24, 2.45) is 10.2 Å². The Morgan fingerprint density at radius 1 is 0.973 bits per heavy atom. The summed E-state index contributed by atoms with van der Waals surface area (Å²) in [6.45, 7) is 2.22. The lowest BCUT2D eigenvalue weighted by atomic mass is 10.1. The van der Waals surface area contributed by atoms with Gasteiger partial charge in [0, 0.05) is 0 Å². The average molecular weight is 585 g/mol. The Balaban J connectivity index is 1.44. The third-order valence-electron chi connectivity index (χ3n) is 5.72. The van der Waals surface area contributed by atoms with Crippen molar-refractivity contribution in [3.63, 3.8) is 0 Å². The van der Waals surface area contributed by atoms with Crippen LogP contribution in [-0.4, -0.2) is 31.0 Å². The van der Waals surface area contributed by atoms with Crippen LogP contribution in [0.2, 0.25) is 10.0 Å².